The van der Waals surface area contributed by atoms with Gasteiger partial charge in [-0.2, -0.15) is 0 Å². The summed E-state index contributed by atoms with van der Waals surface area (Å²) in [5, 5.41) is 4.97. The second-order valence-corrected chi connectivity index (χ2v) is 7.45. The molecule has 0 bridgehead atoms. The lowest BCUT2D eigenvalue weighted by Gasteiger charge is -2.17. The van der Waals surface area contributed by atoms with E-state index >= 15 is 0 Å². The van der Waals surface area contributed by atoms with Crippen molar-refractivity contribution in [2.45, 2.75) is 32.1 Å². The fourth-order valence-corrected chi connectivity index (χ4v) is 4.33. The van der Waals surface area contributed by atoms with E-state index in [1.807, 2.05) is 40.6 Å². The lowest BCUT2D eigenvalue weighted by molar-refractivity contribution is -0.119. The van der Waals surface area contributed by atoms with Crippen LogP contribution in [0.2, 0.25) is 0 Å². The molecule has 0 atom stereocenters. The number of carbonyl (C=O) groups is 2. The first-order chi connectivity index (χ1) is 11.7. The fourth-order valence-electron chi connectivity index (χ4n) is 3.66. The number of fused-ring (bicyclic) bond motifs is 1. The van der Waals surface area contributed by atoms with Gasteiger partial charge in [0, 0.05) is 23.8 Å². The Hall–Kier alpha value is -2.14. The molecule has 1 N–H and O–H groups in total. The van der Waals surface area contributed by atoms with Gasteiger partial charge in [0.15, 0.2) is 0 Å². The van der Waals surface area contributed by atoms with Crippen molar-refractivity contribution < 1.29 is 9.59 Å². The van der Waals surface area contributed by atoms with E-state index in [0.29, 0.717) is 6.54 Å². The third kappa shape index (κ3) is 2.84. The molecule has 0 spiro atoms. The molecular formula is C19H20N2O2S. The van der Waals surface area contributed by atoms with Crippen molar-refractivity contribution in [2.75, 3.05) is 16.8 Å². The summed E-state index contributed by atoms with van der Waals surface area (Å²) in [7, 11) is 0. The van der Waals surface area contributed by atoms with Crippen LogP contribution in [0.15, 0.2) is 35.7 Å². The third-order valence-electron chi connectivity index (χ3n) is 4.95. The van der Waals surface area contributed by atoms with E-state index in [0.717, 1.165) is 53.9 Å². The minimum absolute atomic E-state index is 0.0616. The van der Waals surface area contributed by atoms with Gasteiger partial charge in [-0.05, 0) is 54.5 Å². The zero-order valence-electron chi connectivity index (χ0n) is 13.5. The van der Waals surface area contributed by atoms with Gasteiger partial charge < -0.3 is 10.2 Å². The molecule has 4 nitrogen and oxygen atoms in total. The van der Waals surface area contributed by atoms with Crippen molar-refractivity contribution >= 4 is 34.5 Å². The number of carbonyl (C=O) groups excluding carboxylic acids is 2. The Balaban J connectivity index is 1.50. The van der Waals surface area contributed by atoms with Crippen LogP contribution in [0, 0.1) is 5.92 Å². The van der Waals surface area contributed by atoms with E-state index in [2.05, 4.69) is 5.32 Å². The molecule has 0 saturated heterocycles. The van der Waals surface area contributed by atoms with Crippen molar-refractivity contribution in [2.24, 2.45) is 5.92 Å². The van der Waals surface area contributed by atoms with Crippen LogP contribution in [0.4, 0.5) is 11.4 Å². The van der Waals surface area contributed by atoms with Gasteiger partial charge in [-0.15, -0.1) is 11.3 Å². The molecule has 1 fully saturated rings. The van der Waals surface area contributed by atoms with E-state index in [1.165, 1.54) is 11.3 Å². The van der Waals surface area contributed by atoms with Crippen LogP contribution in [0.5, 0.6) is 0 Å². The Morgan fingerprint density at radius 3 is 2.75 bits per heavy atom. The second kappa shape index (κ2) is 6.40. The fraction of sp³-hybridized carbons (Fsp3) is 0.368. The summed E-state index contributed by atoms with van der Waals surface area (Å²) in [5.74, 6) is 0.360. The number of amides is 2. The van der Waals surface area contributed by atoms with Gasteiger partial charge in [0.25, 0.3) is 5.91 Å². The predicted molar refractivity (Wildman–Crippen MR) is 96.7 cm³/mol. The Morgan fingerprint density at radius 1 is 1.17 bits per heavy atom. The number of anilines is 2. The van der Waals surface area contributed by atoms with E-state index in [-0.39, 0.29) is 17.7 Å². The van der Waals surface area contributed by atoms with Crippen LogP contribution in [-0.2, 0) is 11.2 Å². The standard InChI is InChI=1S/C19H20N2O2S/c22-18(13-4-1-2-5-13)20-15-7-8-16-14(12-15)9-10-21(16)19(23)17-6-3-11-24-17/h3,6-8,11-13H,1-2,4-5,9-10H2,(H,20,22). The van der Waals surface area contributed by atoms with Gasteiger partial charge >= 0.3 is 0 Å². The molecule has 0 radical (unpaired) electrons. The Labute approximate surface area is 145 Å². The number of hydrogen-bond acceptors (Lipinski definition) is 3. The smallest absolute Gasteiger partial charge is 0.268 e. The number of thiophene rings is 1. The first-order valence-electron chi connectivity index (χ1n) is 8.51. The monoisotopic (exact) mass is 340 g/mol. The van der Waals surface area contributed by atoms with Gasteiger partial charge in [0.1, 0.15) is 0 Å². The lowest BCUT2D eigenvalue weighted by atomic mass is 10.1. The number of benzene rings is 1. The molecule has 24 heavy (non-hydrogen) atoms. The molecule has 5 heteroatoms. The van der Waals surface area contributed by atoms with Gasteiger partial charge in [-0.1, -0.05) is 18.9 Å². The summed E-state index contributed by atoms with van der Waals surface area (Å²) < 4.78 is 0. The van der Waals surface area contributed by atoms with Crippen molar-refractivity contribution in [3.05, 3.63) is 46.2 Å². The summed E-state index contributed by atoms with van der Waals surface area (Å²) in [6.07, 6.45) is 5.14. The molecule has 1 aromatic heterocycles. The maximum Gasteiger partial charge on any atom is 0.268 e. The number of rotatable bonds is 3. The van der Waals surface area contributed by atoms with E-state index in [4.69, 9.17) is 0 Å². The largest absolute Gasteiger partial charge is 0.326 e. The summed E-state index contributed by atoms with van der Waals surface area (Å²) >= 11 is 1.47. The minimum atomic E-state index is 0.0616. The van der Waals surface area contributed by atoms with Crippen molar-refractivity contribution in [3.63, 3.8) is 0 Å². The minimum Gasteiger partial charge on any atom is -0.326 e. The molecule has 1 aliphatic heterocycles. The SMILES string of the molecule is O=C(Nc1ccc2c(c1)CCN2C(=O)c1cccs1)C1CCCC1. The first kappa shape index (κ1) is 15.4. The molecule has 1 saturated carbocycles. The normalized spacial score (nSPS) is 17.1. The molecule has 4 rings (SSSR count). The summed E-state index contributed by atoms with van der Waals surface area (Å²) in [4.78, 5) is 27.4. The van der Waals surface area contributed by atoms with Gasteiger partial charge in [-0.3, -0.25) is 9.59 Å². The Kier molecular flexibility index (Phi) is 4.10. The third-order valence-corrected chi connectivity index (χ3v) is 5.80. The molecule has 2 amide bonds. The van der Waals surface area contributed by atoms with Crippen molar-refractivity contribution in [1.82, 2.24) is 0 Å². The molecule has 1 aliphatic carbocycles. The van der Waals surface area contributed by atoms with Gasteiger partial charge in [0.2, 0.25) is 5.91 Å². The Bertz CT molecular complexity index is 764. The molecule has 2 heterocycles. The lowest BCUT2D eigenvalue weighted by Crippen LogP contribution is -2.28. The highest BCUT2D eigenvalue weighted by atomic mass is 32.1. The maximum atomic E-state index is 12.6. The quantitative estimate of drug-likeness (QED) is 0.915. The molecule has 2 aromatic rings. The van der Waals surface area contributed by atoms with Gasteiger partial charge in [-0.25, -0.2) is 0 Å². The van der Waals surface area contributed by atoms with Crippen LogP contribution < -0.4 is 10.2 Å². The van der Waals surface area contributed by atoms with Crippen molar-refractivity contribution in [1.29, 1.82) is 0 Å². The zero-order valence-corrected chi connectivity index (χ0v) is 14.3. The van der Waals surface area contributed by atoms with E-state index < -0.39 is 0 Å². The zero-order chi connectivity index (χ0) is 16.5. The average molecular weight is 340 g/mol. The summed E-state index contributed by atoms with van der Waals surface area (Å²) in [6, 6.07) is 9.64. The van der Waals surface area contributed by atoms with Crippen LogP contribution in [0.1, 0.15) is 40.9 Å². The van der Waals surface area contributed by atoms with Crippen molar-refractivity contribution in [3.8, 4) is 0 Å². The van der Waals surface area contributed by atoms with E-state index in [9.17, 15) is 9.59 Å². The highest BCUT2D eigenvalue weighted by molar-refractivity contribution is 7.12. The van der Waals surface area contributed by atoms with E-state index in [1.54, 1.807) is 0 Å². The van der Waals surface area contributed by atoms with Crippen LogP contribution in [0.3, 0.4) is 0 Å². The molecular weight excluding hydrogens is 320 g/mol. The molecule has 2 aliphatic rings. The molecule has 124 valence electrons. The summed E-state index contributed by atoms with van der Waals surface area (Å²) in [5.41, 5.74) is 2.94. The highest BCUT2D eigenvalue weighted by Gasteiger charge is 2.27. The average Bonchev–Trinajstić information content (AvgIpc) is 3.33. The summed E-state index contributed by atoms with van der Waals surface area (Å²) in [6.45, 7) is 0.700. The maximum absolute atomic E-state index is 12.6. The second-order valence-electron chi connectivity index (χ2n) is 6.50. The number of nitrogens with zero attached hydrogens (tertiary/aromatic N) is 1. The number of nitrogens with one attached hydrogen (secondary N) is 1. The van der Waals surface area contributed by atoms with Crippen LogP contribution in [0.25, 0.3) is 0 Å². The van der Waals surface area contributed by atoms with Gasteiger partial charge in [0.05, 0.1) is 4.88 Å². The topological polar surface area (TPSA) is 49.4 Å². The Morgan fingerprint density at radius 2 is 2.00 bits per heavy atom. The predicted octanol–water partition coefficient (Wildman–Crippen LogP) is 4.08. The molecule has 0 unspecified atom stereocenters. The highest BCUT2D eigenvalue weighted by Crippen LogP contribution is 2.33. The van der Waals surface area contributed by atoms with Crippen LogP contribution in [-0.4, -0.2) is 18.4 Å². The first-order valence-corrected chi connectivity index (χ1v) is 9.39. The van der Waals surface area contributed by atoms with Crippen LogP contribution >= 0.6 is 11.3 Å². The number of hydrogen-bond donors (Lipinski definition) is 1. The molecule has 1 aromatic carbocycles.